The third-order valence-electron chi connectivity index (χ3n) is 5.08. The molecule has 0 fully saturated rings. The van der Waals surface area contributed by atoms with E-state index in [9.17, 15) is 18.0 Å². The molecule has 1 aliphatic heterocycles. The number of carbonyl (C=O) groups is 1. The number of carbonyl (C=O) groups excluding carboxylic acids is 1. The summed E-state index contributed by atoms with van der Waals surface area (Å²) < 4.78 is 42.2. The minimum absolute atomic E-state index is 0.124. The van der Waals surface area contributed by atoms with Gasteiger partial charge in [0.15, 0.2) is 11.7 Å². The van der Waals surface area contributed by atoms with Crippen molar-refractivity contribution >= 4 is 40.6 Å². The summed E-state index contributed by atoms with van der Waals surface area (Å²) in [5.74, 6) is -0.534. The molecule has 0 saturated carbocycles. The molecule has 1 amide bonds. The summed E-state index contributed by atoms with van der Waals surface area (Å²) in [7, 11) is 0. The highest BCUT2D eigenvalue weighted by molar-refractivity contribution is 6.42. The zero-order valence-electron chi connectivity index (χ0n) is 16.2. The lowest BCUT2D eigenvalue weighted by molar-refractivity contribution is -0.173. The molecule has 1 aliphatic rings. The highest BCUT2D eigenvalue weighted by Gasteiger charge is 2.46. The predicted octanol–water partition coefficient (Wildman–Crippen LogP) is 6.41. The Labute approximate surface area is 186 Å². The molecule has 0 bridgehead atoms. The average Bonchev–Trinajstić information content (AvgIpc) is 3.14. The van der Waals surface area contributed by atoms with E-state index < -0.39 is 24.2 Å². The fourth-order valence-electron chi connectivity index (χ4n) is 3.47. The van der Waals surface area contributed by atoms with Crippen LogP contribution in [0.5, 0.6) is 0 Å². The fraction of sp³-hybridized carbons (Fsp3) is 0.238. The van der Waals surface area contributed by atoms with E-state index in [1.54, 1.807) is 12.1 Å². The van der Waals surface area contributed by atoms with Crippen molar-refractivity contribution in [2.24, 2.45) is 0 Å². The summed E-state index contributed by atoms with van der Waals surface area (Å²) in [4.78, 5) is 12.6. The first-order valence-corrected chi connectivity index (χ1v) is 10.1. The maximum atomic E-state index is 13.8. The molecule has 2 aromatic carbocycles. The van der Waals surface area contributed by atoms with Gasteiger partial charge in [-0.05, 0) is 30.7 Å². The first-order valence-electron chi connectivity index (χ1n) is 9.37. The van der Waals surface area contributed by atoms with Crippen molar-refractivity contribution in [3.63, 3.8) is 0 Å². The molecule has 0 spiro atoms. The molecular weight excluding hydrogens is 452 g/mol. The molecule has 4 rings (SSSR count). The Morgan fingerprint density at radius 2 is 1.84 bits per heavy atom. The molecule has 5 nitrogen and oxygen atoms in total. The average molecular weight is 469 g/mol. The lowest BCUT2D eigenvalue weighted by atomic mass is 9.96. The number of amides is 1. The molecular formula is C21H17Cl2F3N4O. The molecule has 10 heteroatoms. The van der Waals surface area contributed by atoms with E-state index in [1.807, 2.05) is 19.1 Å². The maximum Gasteiger partial charge on any atom is 0.410 e. The number of alkyl halides is 3. The van der Waals surface area contributed by atoms with E-state index in [1.165, 1.54) is 24.3 Å². The monoisotopic (exact) mass is 468 g/mol. The Morgan fingerprint density at radius 1 is 1.13 bits per heavy atom. The molecule has 31 heavy (non-hydrogen) atoms. The SMILES string of the molecule is Cc1ccc([C@H]2C[C@@H](C(F)(F)F)n3nc(C(=O)Nc4ccc(Cl)c(Cl)c4)cc3N2)cc1. The number of nitrogens with one attached hydrogen (secondary N) is 2. The number of hydrogen-bond acceptors (Lipinski definition) is 3. The van der Waals surface area contributed by atoms with Gasteiger partial charge in [-0.15, -0.1) is 0 Å². The van der Waals surface area contributed by atoms with Crippen LogP contribution in [0.2, 0.25) is 10.0 Å². The van der Waals surface area contributed by atoms with E-state index in [0.29, 0.717) is 10.7 Å². The highest BCUT2D eigenvalue weighted by Crippen LogP contribution is 2.43. The number of hydrogen-bond donors (Lipinski definition) is 2. The Morgan fingerprint density at radius 3 is 2.48 bits per heavy atom. The van der Waals surface area contributed by atoms with Crippen molar-refractivity contribution in [3.8, 4) is 0 Å². The zero-order valence-corrected chi connectivity index (χ0v) is 17.7. The number of nitrogens with zero attached hydrogens (tertiary/aromatic N) is 2. The van der Waals surface area contributed by atoms with Crippen LogP contribution in [0.3, 0.4) is 0 Å². The molecule has 2 atom stereocenters. The van der Waals surface area contributed by atoms with Gasteiger partial charge >= 0.3 is 6.18 Å². The van der Waals surface area contributed by atoms with Crippen LogP contribution >= 0.6 is 23.2 Å². The van der Waals surface area contributed by atoms with Crippen molar-refractivity contribution < 1.29 is 18.0 Å². The van der Waals surface area contributed by atoms with Gasteiger partial charge in [0.05, 0.1) is 16.1 Å². The number of aromatic nitrogens is 2. The van der Waals surface area contributed by atoms with Gasteiger partial charge in [-0.25, -0.2) is 4.68 Å². The summed E-state index contributed by atoms with van der Waals surface area (Å²) in [5.41, 5.74) is 1.95. The van der Waals surface area contributed by atoms with Gasteiger partial charge in [0.25, 0.3) is 5.91 Å². The largest absolute Gasteiger partial charge is 0.410 e. The number of benzene rings is 2. The molecule has 2 N–H and O–H groups in total. The molecule has 2 heterocycles. The molecule has 162 valence electrons. The van der Waals surface area contributed by atoms with Gasteiger partial charge in [0, 0.05) is 18.2 Å². The topological polar surface area (TPSA) is 59.0 Å². The maximum absolute atomic E-state index is 13.8. The fourth-order valence-corrected chi connectivity index (χ4v) is 3.77. The first kappa shape index (κ1) is 21.5. The van der Waals surface area contributed by atoms with Crippen LogP contribution in [0.1, 0.15) is 40.1 Å². The summed E-state index contributed by atoms with van der Waals surface area (Å²) in [6.07, 6.45) is -4.77. The van der Waals surface area contributed by atoms with Gasteiger partial charge in [-0.1, -0.05) is 53.0 Å². The van der Waals surface area contributed by atoms with E-state index >= 15 is 0 Å². The van der Waals surface area contributed by atoms with E-state index in [-0.39, 0.29) is 23.0 Å². The van der Waals surface area contributed by atoms with Crippen LogP contribution in [-0.2, 0) is 0 Å². The third-order valence-corrected chi connectivity index (χ3v) is 5.82. The van der Waals surface area contributed by atoms with E-state index in [2.05, 4.69) is 15.7 Å². The van der Waals surface area contributed by atoms with Crippen LogP contribution in [0.25, 0.3) is 0 Å². The molecule has 0 unspecified atom stereocenters. The van der Waals surface area contributed by atoms with Gasteiger partial charge in [-0.3, -0.25) is 4.79 Å². The van der Waals surface area contributed by atoms with Crippen LogP contribution in [0.15, 0.2) is 48.5 Å². The number of halogens is 5. The van der Waals surface area contributed by atoms with Crippen molar-refractivity contribution in [1.82, 2.24) is 9.78 Å². The van der Waals surface area contributed by atoms with Gasteiger partial charge in [-0.2, -0.15) is 18.3 Å². The Bertz CT molecular complexity index is 1130. The van der Waals surface area contributed by atoms with Crippen LogP contribution in [0.4, 0.5) is 24.7 Å². The summed E-state index contributed by atoms with van der Waals surface area (Å²) in [6, 6.07) is 10.7. The minimum atomic E-state index is -4.52. The normalized spacial score (nSPS) is 18.3. The second-order valence-electron chi connectivity index (χ2n) is 7.34. The van der Waals surface area contributed by atoms with E-state index in [4.69, 9.17) is 23.2 Å². The van der Waals surface area contributed by atoms with Gasteiger partial charge < -0.3 is 10.6 Å². The summed E-state index contributed by atoms with van der Waals surface area (Å²) in [5, 5.41) is 10.1. The van der Waals surface area contributed by atoms with Crippen molar-refractivity contribution in [1.29, 1.82) is 0 Å². The lowest BCUT2D eigenvalue weighted by Crippen LogP contribution is -2.35. The molecule has 0 saturated heterocycles. The smallest absolute Gasteiger partial charge is 0.363 e. The standard InChI is InChI=1S/C21H17Cl2F3N4O/c1-11-2-4-12(5-3-11)16-9-18(21(24,25)26)30-19(28-16)10-17(29-30)20(31)27-13-6-7-14(22)15(23)8-13/h2-8,10,16,18,28H,9H2,1H3,(H,27,31)/t16-,18+/m1/s1. The second-order valence-corrected chi connectivity index (χ2v) is 8.16. The molecule has 0 aliphatic carbocycles. The van der Waals surface area contributed by atoms with Crippen molar-refractivity contribution in [2.75, 3.05) is 10.6 Å². The van der Waals surface area contributed by atoms with Gasteiger partial charge in [0.2, 0.25) is 0 Å². The molecule has 1 aromatic heterocycles. The summed E-state index contributed by atoms with van der Waals surface area (Å²) in [6.45, 7) is 1.91. The van der Waals surface area contributed by atoms with Crippen LogP contribution in [0, 0.1) is 6.92 Å². The van der Waals surface area contributed by atoms with Crippen LogP contribution in [-0.4, -0.2) is 21.9 Å². The lowest BCUT2D eigenvalue weighted by Gasteiger charge is -2.33. The Kier molecular flexibility index (Phi) is 5.61. The highest BCUT2D eigenvalue weighted by atomic mass is 35.5. The number of aryl methyl sites for hydroxylation is 1. The molecule has 0 radical (unpaired) electrons. The number of fused-ring (bicyclic) bond motifs is 1. The number of anilines is 2. The third kappa shape index (κ3) is 4.50. The Balaban J connectivity index is 1.63. The Hall–Kier alpha value is -2.71. The summed E-state index contributed by atoms with van der Waals surface area (Å²) >= 11 is 11.8. The van der Waals surface area contributed by atoms with Crippen LogP contribution < -0.4 is 10.6 Å². The second kappa shape index (κ2) is 8.09. The minimum Gasteiger partial charge on any atom is -0.363 e. The number of rotatable bonds is 3. The zero-order chi connectivity index (χ0) is 22.3. The van der Waals surface area contributed by atoms with Gasteiger partial charge in [0.1, 0.15) is 5.82 Å². The first-order chi connectivity index (χ1) is 14.6. The molecule has 3 aromatic rings. The van der Waals surface area contributed by atoms with E-state index in [0.717, 1.165) is 15.8 Å². The quantitative estimate of drug-likeness (QED) is 0.466. The van der Waals surface area contributed by atoms with Crippen molar-refractivity contribution in [3.05, 3.63) is 75.4 Å². The van der Waals surface area contributed by atoms with Crippen molar-refractivity contribution in [2.45, 2.75) is 31.6 Å². The predicted molar refractivity (Wildman–Crippen MR) is 114 cm³/mol.